The topological polar surface area (TPSA) is 122 Å². The fourth-order valence-electron chi connectivity index (χ4n) is 3.69. The van der Waals surface area contributed by atoms with Crippen LogP contribution in [0, 0.1) is 0 Å². The summed E-state index contributed by atoms with van der Waals surface area (Å²) in [5.74, 6) is 0.470. The van der Waals surface area contributed by atoms with Crippen molar-refractivity contribution in [3.63, 3.8) is 0 Å². The SMILES string of the molecule is COc1ccccc1NC(=O)N[C@@H]1CC[C@@H](CCNC(=O)Cc2ccccn2)O[C@@H]1CO. The Kier molecular flexibility index (Phi) is 8.82. The minimum atomic E-state index is -0.513. The van der Waals surface area contributed by atoms with Crippen LogP contribution in [-0.2, 0) is 16.0 Å². The zero-order chi connectivity index (χ0) is 22.8. The number of carbonyl (C=O) groups excluding carboxylic acids is 2. The van der Waals surface area contributed by atoms with Gasteiger partial charge in [0.25, 0.3) is 0 Å². The Labute approximate surface area is 187 Å². The van der Waals surface area contributed by atoms with E-state index in [1.165, 1.54) is 7.11 Å². The number of nitrogens with one attached hydrogen (secondary N) is 3. The van der Waals surface area contributed by atoms with Gasteiger partial charge in [0.1, 0.15) is 11.9 Å². The lowest BCUT2D eigenvalue weighted by Crippen LogP contribution is -2.52. The molecule has 3 rings (SSSR count). The highest BCUT2D eigenvalue weighted by molar-refractivity contribution is 5.91. The summed E-state index contributed by atoms with van der Waals surface area (Å²) in [4.78, 5) is 28.6. The van der Waals surface area contributed by atoms with E-state index < -0.39 is 6.10 Å². The summed E-state index contributed by atoms with van der Waals surface area (Å²) in [6, 6.07) is 11.9. The third kappa shape index (κ3) is 6.93. The van der Waals surface area contributed by atoms with Crippen LogP contribution in [0.4, 0.5) is 10.5 Å². The number of methoxy groups -OCH3 is 1. The van der Waals surface area contributed by atoms with Gasteiger partial charge in [-0.25, -0.2) is 4.79 Å². The number of amides is 3. The Balaban J connectivity index is 1.41. The second-order valence-electron chi connectivity index (χ2n) is 7.60. The number of hydrogen-bond acceptors (Lipinski definition) is 6. The number of anilines is 1. The smallest absolute Gasteiger partial charge is 0.319 e. The predicted molar refractivity (Wildman–Crippen MR) is 119 cm³/mol. The summed E-state index contributed by atoms with van der Waals surface area (Å²) >= 11 is 0. The predicted octanol–water partition coefficient (Wildman–Crippen LogP) is 1.87. The van der Waals surface area contributed by atoms with Gasteiger partial charge in [-0.1, -0.05) is 18.2 Å². The van der Waals surface area contributed by atoms with Crippen LogP contribution in [0.2, 0.25) is 0 Å². The molecule has 1 aliphatic heterocycles. The lowest BCUT2D eigenvalue weighted by atomic mass is 9.97. The standard InChI is InChI=1S/C23H30N4O5/c1-31-20-8-3-2-7-18(20)26-23(30)27-19-10-9-17(32-21(19)15-28)11-13-25-22(29)14-16-6-4-5-12-24-16/h2-8,12,17,19,21,28H,9-11,13-15H2,1H3,(H,25,29)(H2,26,27,30)/t17-,19+,21+/m0/s1. The zero-order valence-electron chi connectivity index (χ0n) is 18.1. The second kappa shape index (κ2) is 12.0. The molecule has 0 unspecified atom stereocenters. The van der Waals surface area contributed by atoms with Gasteiger partial charge in [-0.3, -0.25) is 9.78 Å². The molecule has 1 aromatic carbocycles. The number of nitrogens with zero attached hydrogens (tertiary/aromatic N) is 1. The minimum absolute atomic E-state index is 0.0919. The van der Waals surface area contributed by atoms with Crippen molar-refractivity contribution < 1.29 is 24.2 Å². The molecule has 3 atom stereocenters. The van der Waals surface area contributed by atoms with E-state index in [2.05, 4.69) is 20.9 Å². The number of rotatable bonds is 9. The van der Waals surface area contributed by atoms with E-state index in [0.29, 0.717) is 37.2 Å². The van der Waals surface area contributed by atoms with E-state index in [9.17, 15) is 14.7 Å². The molecule has 9 heteroatoms. The molecule has 0 radical (unpaired) electrons. The summed E-state index contributed by atoms with van der Waals surface area (Å²) < 4.78 is 11.2. The van der Waals surface area contributed by atoms with Gasteiger partial charge in [0.15, 0.2) is 0 Å². The van der Waals surface area contributed by atoms with Gasteiger partial charge < -0.3 is 30.5 Å². The van der Waals surface area contributed by atoms with Crippen LogP contribution in [-0.4, -0.2) is 60.5 Å². The molecule has 1 fully saturated rings. The van der Waals surface area contributed by atoms with Crippen molar-refractivity contribution in [3.8, 4) is 5.75 Å². The van der Waals surface area contributed by atoms with Gasteiger partial charge in [-0.2, -0.15) is 0 Å². The van der Waals surface area contributed by atoms with Crippen molar-refractivity contribution in [3.05, 3.63) is 54.4 Å². The van der Waals surface area contributed by atoms with Gasteiger partial charge in [0.05, 0.1) is 38.0 Å². The molecule has 4 N–H and O–H groups in total. The van der Waals surface area contributed by atoms with E-state index in [1.807, 2.05) is 24.3 Å². The summed E-state index contributed by atoms with van der Waals surface area (Å²) in [7, 11) is 1.54. The number of ether oxygens (including phenoxy) is 2. The zero-order valence-corrected chi connectivity index (χ0v) is 18.1. The summed E-state index contributed by atoms with van der Waals surface area (Å²) in [5, 5.41) is 18.3. The molecule has 2 heterocycles. The first-order valence-corrected chi connectivity index (χ1v) is 10.7. The third-order valence-electron chi connectivity index (χ3n) is 5.32. The fraction of sp³-hybridized carbons (Fsp3) is 0.435. The Morgan fingerprint density at radius 2 is 2.00 bits per heavy atom. The van der Waals surface area contributed by atoms with Gasteiger partial charge in [-0.05, 0) is 43.5 Å². The monoisotopic (exact) mass is 442 g/mol. The van der Waals surface area contributed by atoms with Crippen LogP contribution in [0.15, 0.2) is 48.7 Å². The van der Waals surface area contributed by atoms with Crippen LogP contribution in [0.1, 0.15) is 25.0 Å². The molecular weight excluding hydrogens is 412 g/mol. The number of para-hydroxylation sites is 2. The van der Waals surface area contributed by atoms with Crippen LogP contribution >= 0.6 is 0 Å². The summed E-state index contributed by atoms with van der Waals surface area (Å²) in [5.41, 5.74) is 1.28. The minimum Gasteiger partial charge on any atom is -0.495 e. The van der Waals surface area contributed by atoms with Crippen LogP contribution < -0.4 is 20.7 Å². The Morgan fingerprint density at radius 3 is 2.75 bits per heavy atom. The molecule has 1 saturated heterocycles. The molecule has 1 aliphatic rings. The molecule has 2 aromatic rings. The van der Waals surface area contributed by atoms with Crippen LogP contribution in [0.5, 0.6) is 5.75 Å². The number of carbonyl (C=O) groups is 2. The van der Waals surface area contributed by atoms with E-state index in [0.717, 1.165) is 5.69 Å². The maximum Gasteiger partial charge on any atom is 0.319 e. The van der Waals surface area contributed by atoms with E-state index in [1.54, 1.807) is 24.4 Å². The first-order chi connectivity index (χ1) is 15.6. The average Bonchev–Trinajstić information content (AvgIpc) is 2.81. The lowest BCUT2D eigenvalue weighted by Gasteiger charge is -2.36. The third-order valence-corrected chi connectivity index (χ3v) is 5.32. The van der Waals surface area contributed by atoms with Gasteiger partial charge in [-0.15, -0.1) is 0 Å². The number of hydrogen-bond donors (Lipinski definition) is 4. The molecule has 0 bridgehead atoms. The van der Waals surface area contributed by atoms with Crippen LogP contribution in [0.25, 0.3) is 0 Å². The first-order valence-electron chi connectivity index (χ1n) is 10.7. The molecule has 0 aliphatic carbocycles. The normalized spacial score (nSPS) is 20.2. The van der Waals surface area contributed by atoms with Crippen LogP contribution in [0.3, 0.4) is 0 Å². The second-order valence-corrected chi connectivity index (χ2v) is 7.60. The maximum absolute atomic E-state index is 12.4. The van der Waals surface area contributed by atoms with Crippen molar-refractivity contribution in [2.24, 2.45) is 0 Å². The van der Waals surface area contributed by atoms with Crippen molar-refractivity contribution in [2.45, 2.75) is 43.9 Å². The lowest BCUT2D eigenvalue weighted by molar-refractivity contribution is -0.121. The molecule has 172 valence electrons. The number of benzene rings is 1. The summed E-state index contributed by atoms with van der Waals surface area (Å²) in [6.45, 7) is 0.267. The Bertz CT molecular complexity index is 880. The van der Waals surface area contributed by atoms with E-state index >= 15 is 0 Å². The molecule has 1 aromatic heterocycles. The molecule has 32 heavy (non-hydrogen) atoms. The van der Waals surface area contributed by atoms with E-state index in [4.69, 9.17) is 9.47 Å². The molecule has 3 amide bonds. The molecule has 0 spiro atoms. The highest BCUT2D eigenvalue weighted by Gasteiger charge is 2.31. The van der Waals surface area contributed by atoms with Crippen molar-refractivity contribution in [2.75, 3.05) is 25.6 Å². The molecule has 9 nitrogen and oxygen atoms in total. The van der Waals surface area contributed by atoms with Crippen molar-refractivity contribution >= 4 is 17.6 Å². The fourth-order valence-corrected chi connectivity index (χ4v) is 3.69. The van der Waals surface area contributed by atoms with Gasteiger partial charge >= 0.3 is 6.03 Å². The average molecular weight is 443 g/mol. The Hall–Kier alpha value is -3.17. The largest absolute Gasteiger partial charge is 0.495 e. The number of urea groups is 1. The quantitative estimate of drug-likeness (QED) is 0.470. The number of aliphatic hydroxyl groups is 1. The highest BCUT2D eigenvalue weighted by Crippen LogP contribution is 2.24. The number of aliphatic hydroxyl groups excluding tert-OH is 1. The maximum atomic E-state index is 12.4. The van der Waals surface area contributed by atoms with Gasteiger partial charge in [0.2, 0.25) is 5.91 Å². The molecule has 0 saturated carbocycles. The highest BCUT2D eigenvalue weighted by atomic mass is 16.5. The number of pyridine rings is 1. The summed E-state index contributed by atoms with van der Waals surface area (Å²) in [6.07, 6.45) is 3.29. The van der Waals surface area contributed by atoms with Crippen molar-refractivity contribution in [1.29, 1.82) is 0 Å². The number of aromatic nitrogens is 1. The van der Waals surface area contributed by atoms with Gasteiger partial charge in [0, 0.05) is 18.4 Å². The van der Waals surface area contributed by atoms with E-state index in [-0.39, 0.29) is 37.1 Å². The first kappa shape index (κ1) is 23.5. The molecular formula is C23H30N4O5. The van der Waals surface area contributed by atoms with Crippen molar-refractivity contribution in [1.82, 2.24) is 15.6 Å². The Morgan fingerprint density at radius 1 is 1.19 bits per heavy atom.